The molecule has 0 saturated carbocycles. The van der Waals surface area contributed by atoms with Gasteiger partial charge in [-0.05, 0) is 70.4 Å². The van der Waals surface area contributed by atoms with E-state index in [1.807, 2.05) is 0 Å². The molecule has 0 saturated heterocycles. The highest BCUT2D eigenvalue weighted by Gasteiger charge is 2.33. The largest absolute Gasteiger partial charge is 0.0561 e. The van der Waals surface area contributed by atoms with Crippen LogP contribution >= 0.6 is 0 Å². The topological polar surface area (TPSA) is 0 Å². The average molecular weight is 289 g/mol. The van der Waals surface area contributed by atoms with E-state index in [1.165, 1.54) is 22.3 Å². The summed E-state index contributed by atoms with van der Waals surface area (Å²) in [5, 5.41) is 0. The van der Waals surface area contributed by atoms with Gasteiger partial charge in [-0.25, -0.2) is 0 Å². The predicted molar refractivity (Wildman–Crippen MR) is 96.8 cm³/mol. The summed E-state index contributed by atoms with van der Waals surface area (Å²) in [6.07, 6.45) is 0. The summed E-state index contributed by atoms with van der Waals surface area (Å²) in [7, 11) is 0. The highest BCUT2D eigenvalue weighted by Crippen LogP contribution is 2.44. The Kier molecular flexibility index (Phi) is 4.47. The van der Waals surface area contributed by atoms with Crippen molar-refractivity contribution in [2.24, 2.45) is 0 Å². The lowest BCUT2D eigenvalue weighted by atomic mass is 9.66. The Morgan fingerprint density at radius 3 is 0.905 bits per heavy atom. The van der Waals surface area contributed by atoms with Crippen molar-refractivity contribution >= 4 is 0 Å². The summed E-state index contributed by atoms with van der Waals surface area (Å²) in [4.78, 5) is 0. The summed E-state index contributed by atoms with van der Waals surface area (Å²) < 4.78 is 0. The maximum absolute atomic E-state index is 2.35. The maximum atomic E-state index is 2.35. The molecule has 1 rings (SSSR count). The van der Waals surface area contributed by atoms with Crippen LogP contribution in [-0.4, -0.2) is 0 Å². The van der Waals surface area contributed by atoms with Gasteiger partial charge in [0, 0.05) is 0 Å². The van der Waals surface area contributed by atoms with Crippen LogP contribution in [0.25, 0.3) is 0 Å². The Hall–Kier alpha value is -0.780. The van der Waals surface area contributed by atoms with Crippen molar-refractivity contribution < 1.29 is 0 Å². The molecule has 21 heavy (non-hydrogen) atoms. The van der Waals surface area contributed by atoms with Crippen LogP contribution < -0.4 is 0 Å². The molecule has 0 aliphatic carbocycles. The van der Waals surface area contributed by atoms with E-state index in [2.05, 4.69) is 83.1 Å². The monoisotopic (exact) mass is 288 g/mol. The quantitative estimate of drug-likeness (QED) is 0.511. The molecule has 0 aliphatic heterocycles. The average Bonchev–Trinajstić information content (AvgIpc) is 2.17. The standard InChI is InChI=1S/C21H36/c1-13-14(2)17(20(7,8)9)18(21(10,11)12)15(3)16(13)19(4,5)6/h1-12H3. The van der Waals surface area contributed by atoms with Gasteiger partial charge in [0.2, 0.25) is 0 Å². The lowest BCUT2D eigenvalue weighted by Gasteiger charge is -2.38. The zero-order valence-corrected chi connectivity index (χ0v) is 16.5. The van der Waals surface area contributed by atoms with Gasteiger partial charge < -0.3 is 0 Å². The molecule has 0 unspecified atom stereocenters. The van der Waals surface area contributed by atoms with Crippen LogP contribution in [0, 0.1) is 20.8 Å². The first-order valence-electron chi connectivity index (χ1n) is 8.25. The molecule has 0 heterocycles. The summed E-state index contributed by atoms with van der Waals surface area (Å²) >= 11 is 0. The van der Waals surface area contributed by atoms with Crippen LogP contribution in [0.3, 0.4) is 0 Å². The van der Waals surface area contributed by atoms with Crippen LogP contribution in [-0.2, 0) is 16.2 Å². The summed E-state index contributed by atoms with van der Waals surface area (Å²) in [6, 6.07) is 0. The second-order valence-electron chi connectivity index (χ2n) is 9.75. The fourth-order valence-corrected chi connectivity index (χ4v) is 4.16. The predicted octanol–water partition coefficient (Wildman–Crippen LogP) is 6.50. The Balaban J connectivity index is 4.05. The van der Waals surface area contributed by atoms with Crippen molar-refractivity contribution in [3.8, 4) is 0 Å². The highest BCUT2D eigenvalue weighted by molar-refractivity contribution is 5.57. The van der Waals surface area contributed by atoms with E-state index in [-0.39, 0.29) is 16.2 Å². The fraction of sp³-hybridized carbons (Fsp3) is 0.714. The molecule has 0 amide bonds. The number of benzene rings is 1. The zero-order valence-electron chi connectivity index (χ0n) is 16.5. The Bertz CT molecular complexity index is 538. The van der Waals surface area contributed by atoms with Crippen LogP contribution in [0.15, 0.2) is 0 Å². The maximum Gasteiger partial charge on any atom is -0.0126 e. The van der Waals surface area contributed by atoms with Crippen LogP contribution in [0.4, 0.5) is 0 Å². The van der Waals surface area contributed by atoms with Crippen LogP contribution in [0.5, 0.6) is 0 Å². The van der Waals surface area contributed by atoms with E-state index in [9.17, 15) is 0 Å². The van der Waals surface area contributed by atoms with Gasteiger partial charge in [-0.15, -0.1) is 0 Å². The van der Waals surface area contributed by atoms with Gasteiger partial charge in [-0.3, -0.25) is 0 Å². The number of hydrogen-bond donors (Lipinski definition) is 0. The van der Waals surface area contributed by atoms with Crippen molar-refractivity contribution in [1.29, 1.82) is 0 Å². The van der Waals surface area contributed by atoms with E-state index in [0.717, 1.165) is 0 Å². The highest BCUT2D eigenvalue weighted by atomic mass is 14.4. The molecule has 0 spiro atoms. The Labute approximate surface area is 133 Å². The molecule has 0 atom stereocenters. The first-order chi connectivity index (χ1) is 9.10. The molecule has 0 bridgehead atoms. The lowest BCUT2D eigenvalue weighted by molar-refractivity contribution is 0.513. The lowest BCUT2D eigenvalue weighted by Crippen LogP contribution is -2.28. The zero-order chi connectivity index (χ0) is 17.0. The van der Waals surface area contributed by atoms with Gasteiger partial charge in [0.05, 0.1) is 0 Å². The summed E-state index contributed by atoms with van der Waals surface area (Å²) in [5.41, 5.74) is 9.67. The Morgan fingerprint density at radius 2 is 0.619 bits per heavy atom. The van der Waals surface area contributed by atoms with Crippen molar-refractivity contribution in [2.45, 2.75) is 99.3 Å². The Morgan fingerprint density at radius 1 is 0.381 bits per heavy atom. The molecule has 120 valence electrons. The molecule has 0 radical (unpaired) electrons. The van der Waals surface area contributed by atoms with Gasteiger partial charge in [-0.2, -0.15) is 0 Å². The summed E-state index contributed by atoms with van der Waals surface area (Å²) in [5.74, 6) is 0. The minimum Gasteiger partial charge on any atom is -0.0561 e. The number of rotatable bonds is 0. The SMILES string of the molecule is Cc1c(C)c(C(C)(C)C)c(C(C)(C)C)c(C)c1C(C)(C)C. The van der Waals surface area contributed by atoms with Crippen LogP contribution in [0.1, 0.15) is 95.7 Å². The van der Waals surface area contributed by atoms with Gasteiger partial charge in [0.1, 0.15) is 0 Å². The normalized spacial score (nSPS) is 13.7. The second-order valence-corrected chi connectivity index (χ2v) is 9.75. The molecule has 0 heteroatoms. The van der Waals surface area contributed by atoms with Gasteiger partial charge in [-0.1, -0.05) is 62.3 Å². The van der Waals surface area contributed by atoms with Gasteiger partial charge in [0.25, 0.3) is 0 Å². The molecule has 0 aliphatic rings. The van der Waals surface area contributed by atoms with E-state index in [4.69, 9.17) is 0 Å². The van der Waals surface area contributed by atoms with Crippen molar-refractivity contribution in [2.75, 3.05) is 0 Å². The molecule has 1 aromatic rings. The fourth-order valence-electron chi connectivity index (χ4n) is 4.16. The minimum absolute atomic E-state index is 0.172. The van der Waals surface area contributed by atoms with Crippen molar-refractivity contribution in [3.05, 3.63) is 33.4 Å². The third-order valence-corrected chi connectivity index (χ3v) is 4.56. The third kappa shape index (κ3) is 3.35. The van der Waals surface area contributed by atoms with E-state index in [1.54, 1.807) is 11.1 Å². The van der Waals surface area contributed by atoms with Crippen molar-refractivity contribution in [3.63, 3.8) is 0 Å². The van der Waals surface area contributed by atoms with E-state index >= 15 is 0 Å². The molecular formula is C21H36. The second kappa shape index (κ2) is 5.14. The molecule has 1 aromatic carbocycles. The molecular weight excluding hydrogens is 252 g/mol. The minimum atomic E-state index is 0.172. The number of hydrogen-bond acceptors (Lipinski definition) is 0. The van der Waals surface area contributed by atoms with Crippen LogP contribution in [0.2, 0.25) is 0 Å². The molecule has 0 fully saturated rings. The molecule has 0 N–H and O–H groups in total. The molecule has 0 aromatic heterocycles. The van der Waals surface area contributed by atoms with E-state index in [0.29, 0.717) is 0 Å². The summed E-state index contributed by atoms with van der Waals surface area (Å²) in [6.45, 7) is 28.1. The first-order valence-corrected chi connectivity index (χ1v) is 8.25. The van der Waals surface area contributed by atoms with Gasteiger partial charge >= 0.3 is 0 Å². The van der Waals surface area contributed by atoms with E-state index < -0.39 is 0 Å². The van der Waals surface area contributed by atoms with Crippen molar-refractivity contribution in [1.82, 2.24) is 0 Å². The smallest absolute Gasteiger partial charge is 0.0126 e. The van der Waals surface area contributed by atoms with Gasteiger partial charge in [0.15, 0.2) is 0 Å². The third-order valence-electron chi connectivity index (χ3n) is 4.56. The molecule has 0 nitrogen and oxygen atoms in total. The first kappa shape index (κ1) is 18.3.